The molecule has 0 bridgehead atoms. The first-order valence-corrected chi connectivity index (χ1v) is 8.46. The zero-order valence-electron chi connectivity index (χ0n) is 15.7. The summed E-state index contributed by atoms with van der Waals surface area (Å²) in [6.45, 7) is 7.40. The van der Waals surface area contributed by atoms with E-state index < -0.39 is 5.97 Å². The van der Waals surface area contributed by atoms with Crippen LogP contribution in [0.5, 0.6) is 0 Å². The lowest BCUT2D eigenvalue weighted by molar-refractivity contribution is -0.139. The minimum Gasteiger partial charge on any atom is -0.457 e. The molecule has 136 valence electrons. The average Bonchev–Trinajstić information content (AvgIpc) is 2.89. The van der Waals surface area contributed by atoms with Gasteiger partial charge >= 0.3 is 5.97 Å². The number of aryl methyl sites for hydroxylation is 2. The summed E-state index contributed by atoms with van der Waals surface area (Å²) in [5, 5.41) is 9.36. The molecule has 1 aromatic heterocycles. The van der Waals surface area contributed by atoms with Gasteiger partial charge in [0.05, 0.1) is 6.61 Å². The van der Waals surface area contributed by atoms with Crippen molar-refractivity contribution in [1.29, 1.82) is 5.26 Å². The van der Waals surface area contributed by atoms with E-state index in [1.54, 1.807) is 13.2 Å². The zero-order valence-corrected chi connectivity index (χ0v) is 15.7. The maximum Gasteiger partial charge on any atom is 0.349 e. The molecule has 0 aliphatic heterocycles. The molecular weight excluding hydrogens is 328 g/mol. The van der Waals surface area contributed by atoms with Gasteiger partial charge in [-0.1, -0.05) is 29.8 Å². The van der Waals surface area contributed by atoms with Crippen molar-refractivity contribution in [2.24, 2.45) is 0 Å². The molecule has 0 amide bonds. The highest BCUT2D eigenvalue weighted by molar-refractivity contribution is 5.98. The summed E-state index contributed by atoms with van der Waals surface area (Å²) in [6, 6.07) is 11.6. The number of carbonyl (C=O) groups excluding carboxylic acids is 1. The van der Waals surface area contributed by atoms with Gasteiger partial charge in [-0.05, 0) is 44.0 Å². The van der Waals surface area contributed by atoms with Gasteiger partial charge < -0.3 is 14.0 Å². The highest BCUT2D eigenvalue weighted by Gasteiger charge is 2.14. The number of methoxy groups -OCH3 is 1. The van der Waals surface area contributed by atoms with Gasteiger partial charge in [-0.25, -0.2) is 4.79 Å². The van der Waals surface area contributed by atoms with E-state index in [1.165, 1.54) is 0 Å². The van der Waals surface area contributed by atoms with Gasteiger partial charge in [0.1, 0.15) is 18.2 Å². The van der Waals surface area contributed by atoms with Gasteiger partial charge in [0.2, 0.25) is 0 Å². The Balaban J connectivity index is 2.14. The maximum atomic E-state index is 12.3. The Hall–Kier alpha value is -2.84. The van der Waals surface area contributed by atoms with Crippen LogP contribution >= 0.6 is 0 Å². The number of esters is 1. The van der Waals surface area contributed by atoms with E-state index in [9.17, 15) is 10.1 Å². The summed E-state index contributed by atoms with van der Waals surface area (Å²) in [5.74, 6) is -0.615. The lowest BCUT2D eigenvalue weighted by atomic mass is 10.1. The molecule has 0 unspecified atom stereocenters. The molecule has 0 spiro atoms. The smallest absolute Gasteiger partial charge is 0.349 e. The Morgan fingerprint density at radius 1 is 1.27 bits per heavy atom. The third-order valence-corrected chi connectivity index (χ3v) is 4.22. The van der Waals surface area contributed by atoms with E-state index >= 15 is 0 Å². The van der Waals surface area contributed by atoms with Crippen molar-refractivity contribution in [1.82, 2.24) is 4.57 Å². The standard InChI is InChI=1S/C21H24N2O3/c1-15-6-5-7-18(10-15)14-26-21(24)20(13-22)12-19-11-16(2)23(17(19)3)8-9-25-4/h5-7,10-12H,8-9,14H2,1-4H3/b20-12+. The van der Waals surface area contributed by atoms with Gasteiger partial charge in [-0.2, -0.15) is 5.26 Å². The molecule has 5 heteroatoms. The molecule has 2 rings (SSSR count). The van der Waals surface area contributed by atoms with Crippen LogP contribution in [0.15, 0.2) is 35.9 Å². The minimum absolute atomic E-state index is 0.00959. The molecule has 0 saturated carbocycles. The van der Waals surface area contributed by atoms with Crippen LogP contribution in [-0.2, 0) is 27.4 Å². The van der Waals surface area contributed by atoms with E-state index in [-0.39, 0.29) is 12.2 Å². The van der Waals surface area contributed by atoms with Crippen molar-refractivity contribution in [2.75, 3.05) is 13.7 Å². The maximum absolute atomic E-state index is 12.3. The summed E-state index contributed by atoms with van der Waals surface area (Å²) in [7, 11) is 1.66. The zero-order chi connectivity index (χ0) is 19.1. The fourth-order valence-corrected chi connectivity index (χ4v) is 2.82. The number of aromatic nitrogens is 1. The molecule has 5 nitrogen and oxygen atoms in total. The first kappa shape index (κ1) is 19.5. The third-order valence-electron chi connectivity index (χ3n) is 4.22. The first-order valence-electron chi connectivity index (χ1n) is 8.46. The largest absolute Gasteiger partial charge is 0.457 e. The molecule has 1 aromatic carbocycles. The fraction of sp³-hybridized carbons (Fsp3) is 0.333. The van der Waals surface area contributed by atoms with Gasteiger partial charge in [0.15, 0.2) is 0 Å². The molecule has 2 aromatic rings. The highest BCUT2D eigenvalue weighted by atomic mass is 16.5. The quantitative estimate of drug-likeness (QED) is 0.433. The number of nitriles is 1. The molecule has 1 heterocycles. The normalized spacial score (nSPS) is 11.3. The van der Waals surface area contributed by atoms with Crippen LogP contribution in [0, 0.1) is 32.1 Å². The molecule has 0 saturated heterocycles. The highest BCUT2D eigenvalue weighted by Crippen LogP contribution is 2.19. The van der Waals surface area contributed by atoms with Gasteiger partial charge in [0.25, 0.3) is 0 Å². The number of nitrogens with zero attached hydrogens (tertiary/aromatic N) is 2. The van der Waals surface area contributed by atoms with E-state index in [4.69, 9.17) is 9.47 Å². The molecule has 0 atom stereocenters. The fourth-order valence-electron chi connectivity index (χ4n) is 2.82. The van der Waals surface area contributed by atoms with Crippen LogP contribution in [0.1, 0.15) is 28.1 Å². The summed E-state index contributed by atoms with van der Waals surface area (Å²) < 4.78 is 12.5. The van der Waals surface area contributed by atoms with Gasteiger partial charge in [-0.3, -0.25) is 0 Å². The predicted molar refractivity (Wildman–Crippen MR) is 100 cm³/mol. The molecular formula is C21H24N2O3. The lowest BCUT2D eigenvalue weighted by Crippen LogP contribution is -2.08. The average molecular weight is 352 g/mol. The van der Waals surface area contributed by atoms with E-state index in [0.29, 0.717) is 6.61 Å². The summed E-state index contributed by atoms with van der Waals surface area (Å²) in [5.41, 5.74) is 4.86. The lowest BCUT2D eigenvalue weighted by Gasteiger charge is -2.08. The second-order valence-corrected chi connectivity index (χ2v) is 6.21. The van der Waals surface area contributed by atoms with Crippen LogP contribution in [0.4, 0.5) is 0 Å². The number of benzene rings is 1. The molecule has 0 radical (unpaired) electrons. The van der Waals surface area contributed by atoms with Crippen LogP contribution < -0.4 is 0 Å². The van der Waals surface area contributed by atoms with E-state index in [2.05, 4.69) is 4.57 Å². The van der Waals surface area contributed by atoms with Crippen molar-refractivity contribution < 1.29 is 14.3 Å². The van der Waals surface area contributed by atoms with Crippen LogP contribution in [0.2, 0.25) is 0 Å². The van der Waals surface area contributed by atoms with Gasteiger partial charge in [0, 0.05) is 25.0 Å². The van der Waals surface area contributed by atoms with Crippen LogP contribution in [0.3, 0.4) is 0 Å². The second kappa shape index (κ2) is 9.02. The third kappa shape index (κ3) is 4.84. The topological polar surface area (TPSA) is 64.2 Å². The number of ether oxygens (including phenoxy) is 2. The molecule has 26 heavy (non-hydrogen) atoms. The Kier molecular flexibility index (Phi) is 6.76. The van der Waals surface area contributed by atoms with Crippen molar-refractivity contribution >= 4 is 12.0 Å². The van der Waals surface area contributed by atoms with Crippen molar-refractivity contribution in [3.63, 3.8) is 0 Å². The number of carbonyl (C=O) groups is 1. The number of rotatable bonds is 7. The van der Waals surface area contributed by atoms with Crippen LogP contribution in [0.25, 0.3) is 6.08 Å². The monoisotopic (exact) mass is 352 g/mol. The minimum atomic E-state index is -0.615. The van der Waals surface area contributed by atoms with E-state index in [0.717, 1.165) is 34.6 Å². The van der Waals surface area contributed by atoms with Crippen molar-refractivity contribution in [2.45, 2.75) is 33.9 Å². The molecule has 0 N–H and O–H groups in total. The molecule has 0 fully saturated rings. The number of hydrogen-bond acceptors (Lipinski definition) is 4. The summed E-state index contributed by atoms with van der Waals surface area (Å²) in [4.78, 5) is 12.3. The summed E-state index contributed by atoms with van der Waals surface area (Å²) in [6.07, 6.45) is 1.59. The first-order chi connectivity index (χ1) is 12.5. The Morgan fingerprint density at radius 2 is 2.04 bits per heavy atom. The van der Waals surface area contributed by atoms with Gasteiger partial charge in [-0.15, -0.1) is 0 Å². The van der Waals surface area contributed by atoms with Crippen LogP contribution in [-0.4, -0.2) is 24.3 Å². The van der Waals surface area contributed by atoms with Crippen molar-refractivity contribution in [3.05, 3.63) is 64.0 Å². The Morgan fingerprint density at radius 3 is 2.69 bits per heavy atom. The summed E-state index contributed by atoms with van der Waals surface area (Å²) >= 11 is 0. The van der Waals surface area contributed by atoms with Crippen molar-refractivity contribution in [3.8, 4) is 6.07 Å². The Bertz CT molecular complexity index is 857. The second-order valence-electron chi connectivity index (χ2n) is 6.21. The molecule has 0 aliphatic rings. The SMILES string of the molecule is COCCn1c(C)cc(/C=C(\C#N)C(=O)OCc2cccc(C)c2)c1C. The molecule has 0 aliphatic carbocycles. The number of hydrogen-bond donors (Lipinski definition) is 0. The Labute approximate surface area is 154 Å². The van der Waals surface area contributed by atoms with E-state index in [1.807, 2.05) is 57.2 Å². The predicted octanol–water partition coefficient (Wildman–Crippen LogP) is 3.71.